The van der Waals surface area contributed by atoms with Gasteiger partial charge in [-0.25, -0.2) is 0 Å². The first-order valence-electron chi connectivity index (χ1n) is 6.82. The van der Waals surface area contributed by atoms with E-state index in [1.165, 1.54) is 5.57 Å². The van der Waals surface area contributed by atoms with Crippen LogP contribution in [0.15, 0.2) is 28.2 Å². The molecule has 0 spiro atoms. The summed E-state index contributed by atoms with van der Waals surface area (Å²) in [4.78, 5) is 2.44. The molecule has 1 aromatic heterocycles. The molecule has 1 aromatic rings. The molecule has 100 valence electrons. The average molecular weight is 248 g/mol. The van der Waals surface area contributed by atoms with Crippen LogP contribution in [0.5, 0.6) is 0 Å². The molecule has 0 aliphatic carbocycles. The van der Waals surface area contributed by atoms with Crippen molar-refractivity contribution < 1.29 is 4.42 Å². The van der Waals surface area contributed by atoms with Crippen LogP contribution in [-0.4, -0.2) is 24.0 Å². The van der Waals surface area contributed by atoms with Crippen LogP contribution in [0.1, 0.15) is 38.7 Å². The van der Waals surface area contributed by atoms with Gasteiger partial charge in [-0.05, 0) is 25.5 Å². The first-order valence-corrected chi connectivity index (χ1v) is 6.82. The number of hydrogen-bond acceptors (Lipinski definition) is 3. The second kappa shape index (κ2) is 6.21. The van der Waals surface area contributed by atoms with Crippen molar-refractivity contribution >= 4 is 0 Å². The number of nitrogens with zero attached hydrogens (tertiary/aromatic N) is 1. The van der Waals surface area contributed by atoms with Gasteiger partial charge in [0.05, 0.1) is 13.1 Å². The summed E-state index contributed by atoms with van der Waals surface area (Å²) in [6.07, 6.45) is 3.49. The summed E-state index contributed by atoms with van der Waals surface area (Å²) in [6.45, 7) is 10.4. The average Bonchev–Trinajstić information content (AvgIpc) is 2.74. The van der Waals surface area contributed by atoms with Crippen LogP contribution in [0.4, 0.5) is 0 Å². The van der Waals surface area contributed by atoms with E-state index in [1.807, 2.05) is 0 Å². The number of rotatable bonds is 5. The summed E-state index contributed by atoms with van der Waals surface area (Å²) in [5, 5.41) is 3.37. The molecule has 0 saturated heterocycles. The highest BCUT2D eigenvalue weighted by molar-refractivity contribution is 5.09. The van der Waals surface area contributed by atoms with Crippen molar-refractivity contribution in [1.29, 1.82) is 0 Å². The molecule has 0 unspecified atom stereocenters. The predicted octanol–water partition coefficient (Wildman–Crippen LogP) is 2.93. The van der Waals surface area contributed by atoms with Crippen LogP contribution in [0.2, 0.25) is 0 Å². The summed E-state index contributed by atoms with van der Waals surface area (Å²) >= 11 is 0. The molecule has 0 bridgehead atoms. The zero-order valence-electron chi connectivity index (χ0n) is 11.7. The zero-order chi connectivity index (χ0) is 13.0. The topological polar surface area (TPSA) is 28.4 Å². The fraction of sp³-hybridized carbons (Fsp3) is 0.600. The van der Waals surface area contributed by atoms with E-state index < -0.39 is 0 Å². The van der Waals surface area contributed by atoms with Crippen molar-refractivity contribution in [2.45, 2.75) is 46.3 Å². The Bertz CT molecular complexity index is 406. The standard InChI is InChI=1S/C15H24N2O/c1-12(2)16-9-14-6-7-15(18-14)11-17-8-4-5-13(3)10-17/h5-7,12,16H,4,8-11H2,1-3H3. The minimum absolute atomic E-state index is 0.494. The fourth-order valence-corrected chi connectivity index (χ4v) is 2.25. The highest BCUT2D eigenvalue weighted by atomic mass is 16.3. The van der Waals surface area contributed by atoms with E-state index >= 15 is 0 Å². The van der Waals surface area contributed by atoms with Gasteiger partial charge < -0.3 is 9.73 Å². The van der Waals surface area contributed by atoms with Gasteiger partial charge >= 0.3 is 0 Å². The van der Waals surface area contributed by atoms with Gasteiger partial charge in [-0.15, -0.1) is 0 Å². The van der Waals surface area contributed by atoms with Gasteiger partial charge in [0, 0.05) is 19.1 Å². The molecule has 1 aliphatic rings. The van der Waals surface area contributed by atoms with Crippen LogP contribution in [-0.2, 0) is 13.1 Å². The molecule has 18 heavy (non-hydrogen) atoms. The minimum atomic E-state index is 0.494. The quantitative estimate of drug-likeness (QED) is 0.812. The maximum absolute atomic E-state index is 5.85. The second-order valence-electron chi connectivity index (χ2n) is 5.45. The first-order chi connectivity index (χ1) is 8.63. The van der Waals surface area contributed by atoms with Gasteiger partial charge in [-0.1, -0.05) is 25.5 Å². The maximum Gasteiger partial charge on any atom is 0.118 e. The molecule has 2 rings (SSSR count). The molecular formula is C15H24N2O. The normalized spacial score (nSPS) is 17.2. The highest BCUT2D eigenvalue weighted by Gasteiger charge is 2.12. The van der Waals surface area contributed by atoms with Crippen molar-refractivity contribution in [2.24, 2.45) is 0 Å². The summed E-state index contributed by atoms with van der Waals surface area (Å²) in [7, 11) is 0. The molecule has 0 atom stereocenters. The van der Waals surface area contributed by atoms with Crippen LogP contribution < -0.4 is 5.32 Å². The fourth-order valence-electron chi connectivity index (χ4n) is 2.25. The molecular weight excluding hydrogens is 224 g/mol. The molecule has 1 N–H and O–H groups in total. The molecule has 0 aromatic carbocycles. The van der Waals surface area contributed by atoms with Gasteiger partial charge in [0.2, 0.25) is 0 Å². The molecule has 2 heterocycles. The maximum atomic E-state index is 5.85. The lowest BCUT2D eigenvalue weighted by Crippen LogP contribution is -2.28. The Labute approximate surface area is 110 Å². The Morgan fingerprint density at radius 2 is 2.11 bits per heavy atom. The van der Waals surface area contributed by atoms with E-state index in [2.05, 4.69) is 49.2 Å². The molecule has 3 nitrogen and oxygen atoms in total. The monoisotopic (exact) mass is 248 g/mol. The van der Waals surface area contributed by atoms with Crippen LogP contribution in [0, 0.1) is 0 Å². The van der Waals surface area contributed by atoms with E-state index in [0.717, 1.165) is 44.1 Å². The number of furan rings is 1. The Balaban J connectivity index is 1.84. The Hall–Kier alpha value is -1.06. The smallest absolute Gasteiger partial charge is 0.118 e. The van der Waals surface area contributed by atoms with E-state index in [4.69, 9.17) is 4.42 Å². The van der Waals surface area contributed by atoms with Crippen molar-refractivity contribution in [3.63, 3.8) is 0 Å². The van der Waals surface area contributed by atoms with Crippen molar-refractivity contribution in [3.8, 4) is 0 Å². The zero-order valence-corrected chi connectivity index (χ0v) is 11.7. The largest absolute Gasteiger partial charge is 0.463 e. The lowest BCUT2D eigenvalue weighted by molar-refractivity contribution is 0.254. The first kappa shape index (κ1) is 13.4. The highest BCUT2D eigenvalue weighted by Crippen LogP contribution is 2.15. The molecule has 0 radical (unpaired) electrons. The lowest BCUT2D eigenvalue weighted by atomic mass is 10.1. The Morgan fingerprint density at radius 3 is 2.83 bits per heavy atom. The van der Waals surface area contributed by atoms with E-state index in [0.29, 0.717) is 6.04 Å². The van der Waals surface area contributed by atoms with Crippen molar-refractivity contribution in [3.05, 3.63) is 35.3 Å². The van der Waals surface area contributed by atoms with Crippen molar-refractivity contribution in [1.82, 2.24) is 10.2 Å². The predicted molar refractivity (Wildman–Crippen MR) is 74.3 cm³/mol. The second-order valence-corrected chi connectivity index (χ2v) is 5.45. The van der Waals surface area contributed by atoms with Gasteiger partial charge in [0.15, 0.2) is 0 Å². The van der Waals surface area contributed by atoms with Crippen molar-refractivity contribution in [2.75, 3.05) is 13.1 Å². The molecule has 1 aliphatic heterocycles. The van der Waals surface area contributed by atoms with Crippen LogP contribution in [0.3, 0.4) is 0 Å². The number of hydrogen-bond donors (Lipinski definition) is 1. The van der Waals surface area contributed by atoms with E-state index in [-0.39, 0.29) is 0 Å². The van der Waals surface area contributed by atoms with Gasteiger partial charge in [-0.3, -0.25) is 4.90 Å². The Kier molecular flexibility index (Phi) is 4.61. The van der Waals surface area contributed by atoms with Gasteiger partial charge in [0.25, 0.3) is 0 Å². The minimum Gasteiger partial charge on any atom is -0.463 e. The van der Waals surface area contributed by atoms with Crippen LogP contribution >= 0.6 is 0 Å². The third-order valence-electron chi connectivity index (χ3n) is 3.19. The summed E-state index contributed by atoms with van der Waals surface area (Å²) in [5.41, 5.74) is 1.47. The molecule has 3 heteroatoms. The van der Waals surface area contributed by atoms with Gasteiger partial charge in [0.1, 0.15) is 11.5 Å². The summed E-state index contributed by atoms with van der Waals surface area (Å²) < 4.78 is 5.85. The molecule has 0 fully saturated rings. The van der Waals surface area contributed by atoms with Crippen LogP contribution in [0.25, 0.3) is 0 Å². The SMILES string of the molecule is CC1=CCCN(Cc2ccc(CNC(C)C)o2)C1. The van der Waals surface area contributed by atoms with E-state index in [1.54, 1.807) is 0 Å². The Morgan fingerprint density at radius 1 is 1.33 bits per heavy atom. The third-order valence-corrected chi connectivity index (χ3v) is 3.19. The summed E-state index contributed by atoms with van der Waals surface area (Å²) in [6, 6.07) is 4.68. The lowest BCUT2D eigenvalue weighted by Gasteiger charge is -2.24. The molecule has 0 saturated carbocycles. The summed E-state index contributed by atoms with van der Waals surface area (Å²) in [5.74, 6) is 2.10. The third kappa shape index (κ3) is 4.00. The number of nitrogens with one attached hydrogen (secondary N) is 1. The van der Waals surface area contributed by atoms with Gasteiger partial charge in [-0.2, -0.15) is 0 Å². The molecule has 0 amide bonds. The van der Waals surface area contributed by atoms with E-state index in [9.17, 15) is 0 Å².